The van der Waals surface area contributed by atoms with Gasteiger partial charge in [0.25, 0.3) is 0 Å². The molecule has 3 aromatic rings. The lowest BCUT2D eigenvalue weighted by Crippen LogP contribution is -2.06. The van der Waals surface area contributed by atoms with Crippen LogP contribution in [0.15, 0.2) is 36.4 Å². The molecule has 6 heteroatoms. The van der Waals surface area contributed by atoms with Crippen LogP contribution < -0.4 is 4.74 Å². The van der Waals surface area contributed by atoms with Crippen LogP contribution in [0.3, 0.4) is 0 Å². The lowest BCUT2D eigenvalue weighted by atomic mass is 10.1. The third kappa shape index (κ3) is 4.34. The second-order valence-corrected chi connectivity index (χ2v) is 7.31. The van der Waals surface area contributed by atoms with Crippen molar-refractivity contribution >= 4 is 23.8 Å². The Morgan fingerprint density at radius 3 is 2.54 bits per heavy atom. The van der Waals surface area contributed by atoms with E-state index in [0.717, 1.165) is 40.7 Å². The zero-order valence-electron chi connectivity index (χ0n) is 15.2. The molecule has 0 aliphatic heterocycles. The van der Waals surface area contributed by atoms with Crippen molar-refractivity contribution in [2.24, 2.45) is 0 Å². The van der Waals surface area contributed by atoms with Crippen molar-refractivity contribution in [1.82, 2.24) is 14.8 Å². The highest BCUT2D eigenvalue weighted by molar-refractivity contribution is 7.71. The number of aryl methyl sites for hydroxylation is 4. The average Bonchev–Trinajstić information content (AvgIpc) is 2.93. The molecule has 2 aromatic carbocycles. The van der Waals surface area contributed by atoms with Gasteiger partial charge in [0.2, 0.25) is 0 Å². The fraction of sp³-hybridized carbons (Fsp3) is 0.300. The lowest BCUT2D eigenvalue weighted by molar-refractivity contribution is 0.307. The van der Waals surface area contributed by atoms with E-state index in [-0.39, 0.29) is 0 Å². The van der Waals surface area contributed by atoms with Gasteiger partial charge in [-0.2, -0.15) is 5.10 Å². The second-order valence-electron chi connectivity index (χ2n) is 6.49. The smallest absolute Gasteiger partial charge is 0.199 e. The van der Waals surface area contributed by atoms with Gasteiger partial charge in [0.15, 0.2) is 4.77 Å². The minimum absolute atomic E-state index is 0.606. The summed E-state index contributed by atoms with van der Waals surface area (Å²) < 4.78 is 8.49. The van der Waals surface area contributed by atoms with Crippen LogP contribution in [0.5, 0.6) is 5.75 Å². The molecule has 3 rings (SSSR count). The Morgan fingerprint density at radius 1 is 1.12 bits per heavy atom. The Hall–Kier alpha value is -2.11. The summed E-state index contributed by atoms with van der Waals surface area (Å²) in [7, 11) is 0. The summed E-state index contributed by atoms with van der Waals surface area (Å²) in [5.74, 6) is 1.78. The summed E-state index contributed by atoms with van der Waals surface area (Å²) in [6, 6.07) is 12.0. The van der Waals surface area contributed by atoms with E-state index < -0.39 is 0 Å². The van der Waals surface area contributed by atoms with Gasteiger partial charge in [-0.15, -0.1) is 0 Å². The third-order valence-corrected chi connectivity index (χ3v) is 4.65. The zero-order valence-corrected chi connectivity index (χ0v) is 16.7. The highest BCUT2D eigenvalue weighted by Gasteiger charge is 2.09. The lowest BCUT2D eigenvalue weighted by Gasteiger charge is -2.11. The van der Waals surface area contributed by atoms with E-state index in [0.29, 0.717) is 11.4 Å². The van der Waals surface area contributed by atoms with Crippen LogP contribution in [0.25, 0.3) is 5.69 Å². The largest absolute Gasteiger partial charge is 0.493 e. The molecule has 0 aliphatic rings. The number of halogens is 1. The Morgan fingerprint density at radius 2 is 1.85 bits per heavy atom. The number of rotatable bonds is 6. The molecular formula is C20H22ClN3OS. The number of nitrogens with zero attached hydrogens (tertiary/aromatic N) is 2. The molecule has 0 saturated carbocycles. The van der Waals surface area contributed by atoms with Crippen LogP contribution in [0, 0.1) is 25.5 Å². The number of benzene rings is 2. The van der Waals surface area contributed by atoms with Crippen molar-refractivity contribution in [2.45, 2.75) is 33.6 Å². The van der Waals surface area contributed by atoms with Crippen LogP contribution in [0.1, 0.15) is 28.9 Å². The van der Waals surface area contributed by atoms with Crippen LogP contribution in [-0.2, 0) is 6.42 Å². The molecule has 1 N–H and O–H groups in total. The number of H-pyrrole nitrogens is 1. The zero-order chi connectivity index (χ0) is 18.7. The maximum atomic E-state index is 5.98. The molecule has 0 unspecified atom stereocenters. The van der Waals surface area contributed by atoms with E-state index in [9.17, 15) is 0 Å². The van der Waals surface area contributed by atoms with Crippen molar-refractivity contribution in [1.29, 1.82) is 0 Å². The van der Waals surface area contributed by atoms with E-state index in [4.69, 9.17) is 28.6 Å². The normalized spacial score (nSPS) is 10.9. The minimum atomic E-state index is 0.606. The highest BCUT2D eigenvalue weighted by Crippen LogP contribution is 2.22. The monoisotopic (exact) mass is 387 g/mol. The number of hydrogen-bond donors (Lipinski definition) is 1. The number of aromatic amines is 1. The van der Waals surface area contributed by atoms with Gasteiger partial charge in [0.05, 0.1) is 12.3 Å². The number of ether oxygens (including phenoxy) is 1. The summed E-state index contributed by atoms with van der Waals surface area (Å²) >= 11 is 11.4. The van der Waals surface area contributed by atoms with Gasteiger partial charge in [-0.3, -0.25) is 9.67 Å². The van der Waals surface area contributed by atoms with Crippen molar-refractivity contribution in [3.63, 3.8) is 0 Å². The summed E-state index contributed by atoms with van der Waals surface area (Å²) in [6.07, 6.45) is 1.61. The number of hydrogen-bond acceptors (Lipinski definition) is 3. The Kier molecular flexibility index (Phi) is 5.79. The second kappa shape index (κ2) is 8.06. The van der Waals surface area contributed by atoms with Gasteiger partial charge in [-0.25, -0.2) is 0 Å². The molecule has 4 nitrogen and oxygen atoms in total. The first-order chi connectivity index (χ1) is 12.4. The Bertz CT molecular complexity index is 957. The van der Waals surface area contributed by atoms with Crippen molar-refractivity contribution in [3.05, 3.63) is 68.7 Å². The van der Waals surface area contributed by atoms with Crippen LogP contribution in [0.2, 0.25) is 5.02 Å². The molecule has 0 saturated heterocycles. The SMILES string of the molecule is Cc1cc(C)cc(-n2c(CCCOc3ccc(Cl)cc3C)n[nH]c2=S)c1. The summed E-state index contributed by atoms with van der Waals surface area (Å²) in [4.78, 5) is 0. The molecular weight excluding hydrogens is 366 g/mol. The Balaban J connectivity index is 1.68. The van der Waals surface area contributed by atoms with Gasteiger partial charge in [-0.1, -0.05) is 17.7 Å². The standard InChI is InChI=1S/C20H22ClN3OS/c1-13-9-14(2)11-17(10-13)24-19(22-23-20(24)26)5-4-8-25-18-7-6-16(21)12-15(18)3/h6-7,9-12H,4-5,8H2,1-3H3,(H,23,26). The van der Waals surface area contributed by atoms with Gasteiger partial charge < -0.3 is 4.74 Å². The van der Waals surface area contributed by atoms with Gasteiger partial charge in [-0.05, 0) is 86.4 Å². The fourth-order valence-corrected chi connectivity index (χ4v) is 3.51. The summed E-state index contributed by atoms with van der Waals surface area (Å²) in [5, 5.41) is 8.03. The van der Waals surface area contributed by atoms with Gasteiger partial charge in [0.1, 0.15) is 11.6 Å². The van der Waals surface area contributed by atoms with Gasteiger partial charge >= 0.3 is 0 Å². The molecule has 0 aliphatic carbocycles. The molecule has 0 spiro atoms. The quantitative estimate of drug-likeness (QED) is 0.447. The Labute approximate surface area is 163 Å². The first-order valence-electron chi connectivity index (χ1n) is 8.58. The molecule has 26 heavy (non-hydrogen) atoms. The van der Waals surface area contributed by atoms with Crippen LogP contribution in [0.4, 0.5) is 0 Å². The van der Waals surface area contributed by atoms with E-state index in [2.05, 4.69) is 42.2 Å². The molecule has 136 valence electrons. The summed E-state index contributed by atoms with van der Waals surface area (Å²) in [6.45, 7) is 6.77. The molecule has 0 fully saturated rings. The summed E-state index contributed by atoms with van der Waals surface area (Å²) in [5.41, 5.74) is 4.49. The molecule has 1 aromatic heterocycles. The maximum Gasteiger partial charge on any atom is 0.199 e. The van der Waals surface area contributed by atoms with Crippen LogP contribution >= 0.6 is 23.8 Å². The third-order valence-electron chi connectivity index (χ3n) is 4.15. The molecule has 0 bridgehead atoms. The predicted molar refractivity (Wildman–Crippen MR) is 108 cm³/mol. The predicted octanol–water partition coefficient (Wildman–Crippen LogP) is 5.52. The fourth-order valence-electron chi connectivity index (χ4n) is 3.03. The highest BCUT2D eigenvalue weighted by atomic mass is 35.5. The van der Waals surface area contributed by atoms with Crippen molar-refractivity contribution in [2.75, 3.05) is 6.61 Å². The average molecular weight is 388 g/mol. The first-order valence-corrected chi connectivity index (χ1v) is 9.36. The molecule has 1 heterocycles. The molecule has 0 atom stereocenters. The molecule has 0 amide bonds. The number of aromatic nitrogens is 3. The van der Waals surface area contributed by atoms with Gasteiger partial charge in [0, 0.05) is 11.4 Å². The van der Waals surface area contributed by atoms with Crippen molar-refractivity contribution < 1.29 is 4.74 Å². The first kappa shape index (κ1) is 18.7. The van der Waals surface area contributed by atoms with Crippen molar-refractivity contribution in [3.8, 4) is 11.4 Å². The van der Waals surface area contributed by atoms with E-state index in [1.807, 2.05) is 29.7 Å². The number of nitrogens with one attached hydrogen (secondary N) is 1. The van der Waals surface area contributed by atoms with E-state index in [1.165, 1.54) is 11.1 Å². The topological polar surface area (TPSA) is 42.8 Å². The van der Waals surface area contributed by atoms with E-state index in [1.54, 1.807) is 0 Å². The maximum absolute atomic E-state index is 5.98. The van der Waals surface area contributed by atoms with Crippen LogP contribution in [-0.4, -0.2) is 21.4 Å². The van der Waals surface area contributed by atoms with E-state index >= 15 is 0 Å². The molecule has 0 radical (unpaired) electrons. The minimum Gasteiger partial charge on any atom is -0.493 e.